The topological polar surface area (TPSA) is 37.3 Å². The number of hydrogen-bond donors (Lipinski definition) is 1. The van der Waals surface area contributed by atoms with Gasteiger partial charge in [-0.1, -0.05) is 11.6 Å². The largest absolute Gasteiger partial charge is 0.359 e. The van der Waals surface area contributed by atoms with Crippen molar-refractivity contribution in [1.29, 1.82) is 0 Å². The van der Waals surface area contributed by atoms with Gasteiger partial charge in [0.05, 0.1) is 11.4 Å². The van der Waals surface area contributed by atoms with E-state index in [1.807, 2.05) is 32.4 Å². The lowest BCUT2D eigenvalue weighted by Gasteiger charge is -2.09. The van der Waals surface area contributed by atoms with Crippen LogP contribution in [0.4, 0.5) is 5.69 Å². The molecule has 2 rings (SSSR count). The van der Waals surface area contributed by atoms with E-state index in [4.69, 9.17) is 11.6 Å². The fourth-order valence-corrected chi connectivity index (χ4v) is 2.34. The molecule has 0 atom stereocenters. The fraction of sp³-hybridized carbons (Fsp3) is 0.273. The number of fused-ring (bicyclic) bond motifs is 1. The van der Waals surface area contributed by atoms with Crippen molar-refractivity contribution in [2.24, 2.45) is 4.99 Å². The third kappa shape index (κ3) is 2.08. The highest BCUT2D eigenvalue weighted by Gasteiger charge is 2.14. The average molecular weight is 254 g/mol. The summed E-state index contributed by atoms with van der Waals surface area (Å²) in [6.07, 6.45) is 3.88. The second kappa shape index (κ2) is 4.47. The van der Waals surface area contributed by atoms with E-state index in [9.17, 15) is 0 Å². The summed E-state index contributed by atoms with van der Waals surface area (Å²) < 4.78 is 0. The first-order valence-electron chi connectivity index (χ1n) is 4.85. The maximum Gasteiger partial charge on any atom is 0.131 e. The molecule has 1 aromatic heterocycles. The zero-order valence-corrected chi connectivity index (χ0v) is 10.9. The van der Waals surface area contributed by atoms with Gasteiger partial charge in [0.1, 0.15) is 10.2 Å². The third-order valence-corrected chi connectivity index (χ3v) is 3.19. The Balaban J connectivity index is 2.60. The van der Waals surface area contributed by atoms with Gasteiger partial charge in [-0.2, -0.15) is 0 Å². The van der Waals surface area contributed by atoms with Gasteiger partial charge in [-0.25, -0.2) is 9.98 Å². The van der Waals surface area contributed by atoms with Gasteiger partial charge in [-0.3, -0.25) is 0 Å². The standard InChI is InChI=1S/C11H12ClN3S/c1-6-11-7(2)15-10(16-3)5-13-8(11)4-9(12)14-6/h4-5,13H,1-3H3. The first kappa shape index (κ1) is 11.5. The SMILES string of the molecule is CSC1=CNc2cc(Cl)nc(C)c2C(C)=N1. The predicted molar refractivity (Wildman–Crippen MR) is 71.4 cm³/mol. The Kier molecular flexibility index (Phi) is 3.21. The Morgan fingerprint density at radius 1 is 1.38 bits per heavy atom. The van der Waals surface area contributed by atoms with Gasteiger partial charge >= 0.3 is 0 Å². The second-order valence-corrected chi connectivity index (χ2v) is 4.69. The molecule has 0 spiro atoms. The molecule has 3 nitrogen and oxygen atoms in total. The Labute approximate surface area is 104 Å². The van der Waals surface area contributed by atoms with Crippen molar-refractivity contribution < 1.29 is 0 Å². The van der Waals surface area contributed by atoms with Crippen LogP contribution in [0.25, 0.3) is 0 Å². The second-order valence-electron chi connectivity index (χ2n) is 3.48. The molecular weight excluding hydrogens is 242 g/mol. The number of pyridine rings is 1. The van der Waals surface area contributed by atoms with Crippen LogP contribution in [0.1, 0.15) is 18.2 Å². The number of nitrogens with one attached hydrogen (secondary N) is 1. The monoisotopic (exact) mass is 253 g/mol. The van der Waals surface area contributed by atoms with Crippen LogP contribution in [0.5, 0.6) is 0 Å². The Morgan fingerprint density at radius 3 is 2.81 bits per heavy atom. The Morgan fingerprint density at radius 2 is 2.12 bits per heavy atom. The minimum Gasteiger partial charge on any atom is -0.359 e. The van der Waals surface area contributed by atoms with Gasteiger partial charge in [-0.15, -0.1) is 11.8 Å². The highest BCUT2D eigenvalue weighted by molar-refractivity contribution is 8.02. The molecule has 0 aromatic carbocycles. The van der Waals surface area contributed by atoms with Gasteiger partial charge in [0.25, 0.3) is 0 Å². The lowest BCUT2D eigenvalue weighted by molar-refractivity contribution is 1.19. The molecule has 1 aliphatic rings. The molecule has 84 valence electrons. The molecule has 1 aliphatic heterocycles. The van der Waals surface area contributed by atoms with Crippen molar-refractivity contribution in [1.82, 2.24) is 4.98 Å². The van der Waals surface area contributed by atoms with E-state index in [-0.39, 0.29) is 0 Å². The van der Waals surface area contributed by atoms with E-state index in [0.29, 0.717) is 5.15 Å². The number of halogens is 1. The normalized spacial score (nSPS) is 14.5. The summed E-state index contributed by atoms with van der Waals surface area (Å²) >= 11 is 7.54. The van der Waals surface area contributed by atoms with Gasteiger partial charge in [0.2, 0.25) is 0 Å². The van der Waals surface area contributed by atoms with Crippen LogP contribution >= 0.6 is 23.4 Å². The van der Waals surface area contributed by atoms with Gasteiger partial charge < -0.3 is 5.32 Å². The van der Waals surface area contributed by atoms with Gasteiger partial charge in [0, 0.05) is 17.5 Å². The molecule has 2 heterocycles. The van der Waals surface area contributed by atoms with Crippen LogP contribution in [0, 0.1) is 6.92 Å². The molecule has 1 N–H and O–H groups in total. The molecule has 0 saturated heterocycles. The number of anilines is 1. The predicted octanol–water partition coefficient (Wildman–Crippen LogP) is 3.44. The summed E-state index contributed by atoms with van der Waals surface area (Å²) in [6.45, 7) is 3.92. The summed E-state index contributed by atoms with van der Waals surface area (Å²) in [6, 6.07) is 1.82. The molecule has 0 unspecified atom stereocenters. The van der Waals surface area contributed by atoms with Crippen LogP contribution < -0.4 is 5.32 Å². The summed E-state index contributed by atoms with van der Waals surface area (Å²) in [7, 11) is 0. The number of rotatable bonds is 1. The summed E-state index contributed by atoms with van der Waals surface area (Å²) in [5.74, 6) is 0. The van der Waals surface area contributed by atoms with E-state index in [1.54, 1.807) is 11.8 Å². The highest BCUT2D eigenvalue weighted by atomic mass is 35.5. The quantitative estimate of drug-likeness (QED) is 0.779. The van der Waals surface area contributed by atoms with E-state index >= 15 is 0 Å². The Bertz CT molecular complexity index is 494. The third-order valence-electron chi connectivity index (χ3n) is 2.37. The zero-order valence-electron chi connectivity index (χ0n) is 9.34. The smallest absolute Gasteiger partial charge is 0.131 e. The Hall–Kier alpha value is -1.00. The van der Waals surface area contributed by atoms with Crippen molar-refractivity contribution >= 4 is 34.8 Å². The van der Waals surface area contributed by atoms with Crippen LogP contribution in [-0.2, 0) is 0 Å². The number of aryl methyl sites for hydroxylation is 1. The van der Waals surface area contributed by atoms with Crippen molar-refractivity contribution in [3.05, 3.63) is 33.7 Å². The van der Waals surface area contributed by atoms with E-state index in [2.05, 4.69) is 15.3 Å². The first-order valence-corrected chi connectivity index (χ1v) is 6.45. The summed E-state index contributed by atoms with van der Waals surface area (Å²) in [5, 5.41) is 4.66. The molecule has 5 heteroatoms. The van der Waals surface area contributed by atoms with Crippen LogP contribution in [0.2, 0.25) is 5.15 Å². The van der Waals surface area contributed by atoms with Gasteiger partial charge in [-0.05, 0) is 26.2 Å². The summed E-state index contributed by atoms with van der Waals surface area (Å²) in [5.41, 5.74) is 3.85. The van der Waals surface area contributed by atoms with Crippen molar-refractivity contribution in [2.75, 3.05) is 11.6 Å². The summed E-state index contributed by atoms with van der Waals surface area (Å²) in [4.78, 5) is 8.77. The van der Waals surface area contributed by atoms with Crippen LogP contribution in [-0.4, -0.2) is 17.0 Å². The lowest BCUT2D eigenvalue weighted by atomic mass is 10.1. The molecule has 1 aromatic rings. The molecule has 16 heavy (non-hydrogen) atoms. The molecule has 0 radical (unpaired) electrons. The molecule has 0 aliphatic carbocycles. The zero-order chi connectivity index (χ0) is 11.7. The minimum absolute atomic E-state index is 0.498. The maximum atomic E-state index is 5.94. The van der Waals surface area contributed by atoms with Gasteiger partial charge in [0.15, 0.2) is 0 Å². The van der Waals surface area contributed by atoms with E-state index in [0.717, 1.165) is 27.7 Å². The van der Waals surface area contributed by atoms with Crippen molar-refractivity contribution in [3.63, 3.8) is 0 Å². The first-order chi connectivity index (χ1) is 7.61. The maximum absolute atomic E-state index is 5.94. The minimum atomic E-state index is 0.498. The lowest BCUT2D eigenvalue weighted by Crippen LogP contribution is -2.03. The number of thioether (sulfide) groups is 1. The molecule has 0 amide bonds. The fourth-order valence-electron chi connectivity index (χ4n) is 1.70. The highest BCUT2D eigenvalue weighted by Crippen LogP contribution is 2.28. The molecule has 0 bridgehead atoms. The van der Waals surface area contributed by atoms with Crippen LogP contribution in [0.15, 0.2) is 22.3 Å². The van der Waals surface area contributed by atoms with E-state index in [1.165, 1.54) is 0 Å². The molecule has 0 fully saturated rings. The molecule has 0 saturated carbocycles. The number of hydrogen-bond acceptors (Lipinski definition) is 4. The number of aromatic nitrogens is 1. The van der Waals surface area contributed by atoms with Crippen LogP contribution in [0.3, 0.4) is 0 Å². The van der Waals surface area contributed by atoms with Crippen molar-refractivity contribution in [2.45, 2.75) is 13.8 Å². The van der Waals surface area contributed by atoms with Crippen molar-refractivity contribution in [3.8, 4) is 0 Å². The number of aliphatic imine (C=N–C) groups is 1. The average Bonchev–Trinajstić information content (AvgIpc) is 2.37. The molecular formula is C11H12ClN3S. The van der Waals surface area contributed by atoms with E-state index < -0.39 is 0 Å². The number of nitrogens with zero attached hydrogens (tertiary/aromatic N) is 2.